The number of carboxylic acids is 1. The Morgan fingerprint density at radius 1 is 1.42 bits per heavy atom. The summed E-state index contributed by atoms with van der Waals surface area (Å²) in [6, 6.07) is 8.32. The largest absolute Gasteiger partial charge is 0.478 e. The van der Waals surface area contributed by atoms with Crippen molar-refractivity contribution in [1.82, 2.24) is 4.98 Å². The number of benzene rings is 1. The van der Waals surface area contributed by atoms with Crippen LogP contribution in [0.5, 0.6) is 0 Å². The van der Waals surface area contributed by atoms with Crippen molar-refractivity contribution in [3.8, 4) is 6.07 Å². The summed E-state index contributed by atoms with van der Waals surface area (Å²) in [5, 5.41) is 20.4. The highest BCUT2D eigenvalue weighted by Gasteiger charge is 2.11. The fraction of sp³-hybridized carbons (Fsp3) is 0. The lowest BCUT2D eigenvalue weighted by Crippen LogP contribution is -2.04. The fourth-order valence-corrected chi connectivity index (χ4v) is 1.54. The summed E-state index contributed by atoms with van der Waals surface area (Å²) in [6.07, 6.45) is 1.42. The predicted octanol–water partition coefficient (Wildman–Crippen LogP) is 2.53. The number of carbonyl (C=O) groups is 1. The topological polar surface area (TPSA) is 86.0 Å². The highest BCUT2D eigenvalue weighted by Crippen LogP contribution is 2.20. The van der Waals surface area contributed by atoms with Crippen LogP contribution in [-0.2, 0) is 0 Å². The zero-order chi connectivity index (χ0) is 13.8. The number of hydrogen-bond donors (Lipinski definition) is 2. The van der Waals surface area contributed by atoms with Crippen molar-refractivity contribution in [3.63, 3.8) is 0 Å². The second-order valence-electron chi connectivity index (χ2n) is 3.67. The van der Waals surface area contributed by atoms with Crippen LogP contribution in [0.3, 0.4) is 0 Å². The monoisotopic (exact) mass is 257 g/mol. The standard InChI is InChI=1S/C13H8FN3O2/c14-9-4-8(7-15)5-10(6-9)17-12-11(13(18)19)2-1-3-16-12/h1-6H,(H,16,17)(H,18,19). The third kappa shape index (κ3) is 2.84. The zero-order valence-electron chi connectivity index (χ0n) is 9.59. The molecule has 0 aliphatic heterocycles. The van der Waals surface area contributed by atoms with E-state index in [1.807, 2.05) is 6.07 Å². The number of nitriles is 1. The molecule has 0 saturated carbocycles. The van der Waals surface area contributed by atoms with Crippen LogP contribution in [0, 0.1) is 17.1 Å². The Balaban J connectivity index is 2.39. The van der Waals surface area contributed by atoms with E-state index in [9.17, 15) is 9.18 Å². The number of nitrogens with zero attached hydrogens (tertiary/aromatic N) is 2. The number of anilines is 2. The molecular formula is C13H8FN3O2. The minimum absolute atomic E-state index is 0.0368. The van der Waals surface area contributed by atoms with Gasteiger partial charge in [0, 0.05) is 11.9 Å². The number of rotatable bonds is 3. The molecule has 2 aromatic rings. The highest BCUT2D eigenvalue weighted by molar-refractivity contribution is 5.93. The third-order valence-electron chi connectivity index (χ3n) is 2.33. The number of nitrogens with one attached hydrogen (secondary N) is 1. The van der Waals surface area contributed by atoms with Crippen LogP contribution in [0.1, 0.15) is 15.9 Å². The number of hydrogen-bond acceptors (Lipinski definition) is 4. The molecule has 0 saturated heterocycles. The first-order chi connectivity index (χ1) is 9.10. The van der Waals surface area contributed by atoms with Crippen molar-refractivity contribution in [2.24, 2.45) is 0 Å². The molecule has 1 aromatic heterocycles. The molecule has 0 amide bonds. The van der Waals surface area contributed by atoms with E-state index >= 15 is 0 Å². The van der Waals surface area contributed by atoms with Gasteiger partial charge in [0.1, 0.15) is 17.2 Å². The Labute approximate surface area is 108 Å². The predicted molar refractivity (Wildman–Crippen MR) is 65.6 cm³/mol. The lowest BCUT2D eigenvalue weighted by molar-refractivity contribution is 0.0697. The lowest BCUT2D eigenvalue weighted by Gasteiger charge is -2.08. The van der Waals surface area contributed by atoms with Crippen molar-refractivity contribution < 1.29 is 14.3 Å². The van der Waals surface area contributed by atoms with Gasteiger partial charge in [-0.05, 0) is 30.3 Å². The number of halogens is 1. The molecule has 0 aliphatic rings. The second-order valence-corrected chi connectivity index (χ2v) is 3.67. The third-order valence-corrected chi connectivity index (χ3v) is 2.33. The van der Waals surface area contributed by atoms with E-state index in [2.05, 4.69) is 10.3 Å². The molecule has 0 radical (unpaired) electrons. The Kier molecular flexibility index (Phi) is 3.39. The molecule has 19 heavy (non-hydrogen) atoms. The molecule has 0 bridgehead atoms. The number of pyridine rings is 1. The Bertz CT molecular complexity index is 680. The van der Waals surface area contributed by atoms with Gasteiger partial charge in [0.25, 0.3) is 0 Å². The summed E-state index contributed by atoms with van der Waals surface area (Å²) in [5.41, 5.74) is 0.360. The van der Waals surface area contributed by atoms with Crippen molar-refractivity contribution in [3.05, 3.63) is 53.5 Å². The number of carboxylic acid groups (broad SMARTS) is 1. The summed E-state index contributed by atoms with van der Waals surface area (Å²) in [5.74, 6) is -1.65. The zero-order valence-corrected chi connectivity index (χ0v) is 9.59. The van der Waals surface area contributed by atoms with Gasteiger partial charge in [-0.3, -0.25) is 0 Å². The first-order valence-corrected chi connectivity index (χ1v) is 5.26. The van der Waals surface area contributed by atoms with E-state index in [0.29, 0.717) is 0 Å². The van der Waals surface area contributed by atoms with Gasteiger partial charge in [0.05, 0.1) is 11.6 Å². The molecule has 0 spiro atoms. The molecule has 5 nitrogen and oxygen atoms in total. The van der Waals surface area contributed by atoms with Gasteiger partial charge in [0.15, 0.2) is 0 Å². The van der Waals surface area contributed by atoms with E-state index in [4.69, 9.17) is 10.4 Å². The summed E-state index contributed by atoms with van der Waals surface area (Å²) < 4.78 is 13.2. The van der Waals surface area contributed by atoms with Gasteiger partial charge in [-0.1, -0.05) is 0 Å². The molecule has 0 unspecified atom stereocenters. The molecule has 2 N–H and O–H groups in total. The average molecular weight is 257 g/mol. The summed E-state index contributed by atoms with van der Waals surface area (Å²) in [7, 11) is 0. The molecule has 94 valence electrons. The van der Waals surface area contributed by atoms with Gasteiger partial charge in [-0.15, -0.1) is 0 Å². The molecule has 0 atom stereocenters. The molecule has 0 aliphatic carbocycles. The molecule has 2 rings (SSSR count). The molecule has 6 heteroatoms. The van der Waals surface area contributed by atoms with E-state index in [-0.39, 0.29) is 22.6 Å². The van der Waals surface area contributed by atoms with Crippen LogP contribution < -0.4 is 5.32 Å². The maximum absolute atomic E-state index is 13.2. The summed E-state index contributed by atoms with van der Waals surface area (Å²) in [6.45, 7) is 0. The van der Waals surface area contributed by atoms with Crippen molar-refractivity contribution in [2.45, 2.75) is 0 Å². The van der Waals surface area contributed by atoms with E-state index in [1.54, 1.807) is 0 Å². The highest BCUT2D eigenvalue weighted by atomic mass is 19.1. The first kappa shape index (κ1) is 12.5. The normalized spacial score (nSPS) is 9.68. The Morgan fingerprint density at radius 3 is 2.89 bits per heavy atom. The van der Waals surface area contributed by atoms with Gasteiger partial charge in [-0.2, -0.15) is 5.26 Å². The van der Waals surface area contributed by atoms with Crippen molar-refractivity contribution in [1.29, 1.82) is 5.26 Å². The van der Waals surface area contributed by atoms with Crippen LogP contribution in [-0.4, -0.2) is 16.1 Å². The van der Waals surface area contributed by atoms with E-state index in [1.165, 1.54) is 24.4 Å². The van der Waals surface area contributed by atoms with Gasteiger partial charge in [0.2, 0.25) is 0 Å². The first-order valence-electron chi connectivity index (χ1n) is 5.26. The van der Waals surface area contributed by atoms with Crippen LogP contribution in [0.15, 0.2) is 36.5 Å². The quantitative estimate of drug-likeness (QED) is 0.882. The van der Waals surface area contributed by atoms with Crippen LogP contribution >= 0.6 is 0 Å². The van der Waals surface area contributed by atoms with E-state index in [0.717, 1.165) is 12.1 Å². The SMILES string of the molecule is N#Cc1cc(F)cc(Nc2ncccc2C(=O)O)c1. The van der Waals surface area contributed by atoms with Crippen molar-refractivity contribution in [2.75, 3.05) is 5.32 Å². The number of aromatic carboxylic acids is 1. The van der Waals surface area contributed by atoms with E-state index < -0.39 is 11.8 Å². The maximum atomic E-state index is 13.2. The summed E-state index contributed by atoms with van der Waals surface area (Å²) in [4.78, 5) is 14.9. The minimum Gasteiger partial charge on any atom is -0.478 e. The van der Waals surface area contributed by atoms with Crippen LogP contribution in [0.2, 0.25) is 0 Å². The molecule has 0 fully saturated rings. The van der Waals surface area contributed by atoms with Gasteiger partial charge in [-0.25, -0.2) is 14.2 Å². The van der Waals surface area contributed by atoms with Crippen LogP contribution in [0.25, 0.3) is 0 Å². The fourth-order valence-electron chi connectivity index (χ4n) is 1.54. The van der Waals surface area contributed by atoms with Gasteiger partial charge >= 0.3 is 5.97 Å². The molecule has 1 heterocycles. The van der Waals surface area contributed by atoms with Gasteiger partial charge < -0.3 is 10.4 Å². The summed E-state index contributed by atoms with van der Waals surface area (Å²) >= 11 is 0. The van der Waals surface area contributed by atoms with Crippen molar-refractivity contribution >= 4 is 17.5 Å². The van der Waals surface area contributed by atoms with Crippen LogP contribution in [0.4, 0.5) is 15.9 Å². The lowest BCUT2D eigenvalue weighted by atomic mass is 10.2. The molecular weight excluding hydrogens is 249 g/mol. The Morgan fingerprint density at radius 2 is 2.21 bits per heavy atom. The smallest absolute Gasteiger partial charge is 0.339 e. The number of aromatic nitrogens is 1. The minimum atomic E-state index is -1.15. The molecule has 1 aromatic carbocycles. The Hall–Kier alpha value is -2.94. The maximum Gasteiger partial charge on any atom is 0.339 e. The second kappa shape index (κ2) is 5.14. The average Bonchev–Trinajstić information content (AvgIpc) is 2.38.